The average Bonchev–Trinajstić information content (AvgIpc) is 3.50. The number of fused-ring (bicyclic) bond motifs is 4. The average molecular weight is 667 g/mol. The van der Waals surface area contributed by atoms with Crippen LogP contribution in [-0.2, 0) is 19.2 Å². The van der Waals surface area contributed by atoms with Crippen molar-refractivity contribution >= 4 is 46.9 Å². The van der Waals surface area contributed by atoms with E-state index in [1.807, 2.05) is 0 Å². The third kappa shape index (κ3) is 4.75. The first-order chi connectivity index (χ1) is 23.5. The van der Waals surface area contributed by atoms with Gasteiger partial charge in [0.15, 0.2) is 0 Å². The van der Waals surface area contributed by atoms with Crippen LogP contribution in [0.4, 0.5) is 11.4 Å². The topological polar surface area (TPSA) is 188 Å². The number of carboxylic acid groups (broad SMARTS) is 2. The van der Waals surface area contributed by atoms with Gasteiger partial charge in [-0.3, -0.25) is 29.0 Å². The predicted octanol–water partition coefficient (Wildman–Crippen LogP) is 3.85. The van der Waals surface area contributed by atoms with Crippen LogP contribution < -0.4 is 19.3 Å². The molecule has 0 bridgehead atoms. The maximum Gasteiger partial charge on any atom is 0.335 e. The minimum atomic E-state index is -1.24. The van der Waals surface area contributed by atoms with Crippen LogP contribution in [0.2, 0.25) is 0 Å². The van der Waals surface area contributed by atoms with Crippen molar-refractivity contribution in [2.24, 2.45) is 29.6 Å². The Hall–Kier alpha value is -5.98. The van der Waals surface area contributed by atoms with E-state index in [9.17, 15) is 44.1 Å². The second-order valence-corrected chi connectivity index (χ2v) is 12.5. The zero-order valence-electron chi connectivity index (χ0n) is 26.2. The molecule has 2 aliphatic carbocycles. The van der Waals surface area contributed by atoms with Gasteiger partial charge in [0.1, 0.15) is 17.2 Å². The second kappa shape index (κ2) is 11.6. The minimum Gasteiger partial charge on any atom is -0.507 e. The molecule has 3 N–H and O–H groups in total. The van der Waals surface area contributed by atoms with Gasteiger partial charge in [0, 0.05) is 23.6 Å². The van der Waals surface area contributed by atoms with Crippen LogP contribution >= 0.6 is 0 Å². The molecule has 0 spiro atoms. The van der Waals surface area contributed by atoms with Crippen LogP contribution in [0.3, 0.4) is 0 Å². The summed E-state index contributed by atoms with van der Waals surface area (Å²) in [6, 6.07) is 13.9. The number of methoxy groups -OCH3 is 2. The molecule has 2 saturated heterocycles. The van der Waals surface area contributed by atoms with Gasteiger partial charge in [-0.05, 0) is 55.2 Å². The molecule has 3 aromatic rings. The van der Waals surface area contributed by atoms with E-state index >= 15 is 0 Å². The predicted molar refractivity (Wildman–Crippen MR) is 171 cm³/mol. The van der Waals surface area contributed by atoms with Gasteiger partial charge in [-0.25, -0.2) is 9.59 Å². The molecule has 49 heavy (non-hydrogen) atoms. The molecule has 2 aliphatic heterocycles. The molecule has 4 aliphatic rings. The first kappa shape index (κ1) is 31.6. The van der Waals surface area contributed by atoms with Gasteiger partial charge in [-0.2, -0.15) is 0 Å². The monoisotopic (exact) mass is 666 g/mol. The Labute approximate surface area is 279 Å². The molecule has 4 amide bonds. The molecular weight excluding hydrogens is 636 g/mol. The summed E-state index contributed by atoms with van der Waals surface area (Å²) in [5.74, 6) is -10.1. The van der Waals surface area contributed by atoms with Crippen molar-refractivity contribution in [3.05, 3.63) is 89.0 Å². The fourth-order valence-corrected chi connectivity index (χ4v) is 8.16. The smallest absolute Gasteiger partial charge is 0.335 e. The summed E-state index contributed by atoms with van der Waals surface area (Å²) in [4.78, 5) is 82.1. The Morgan fingerprint density at radius 2 is 1.29 bits per heavy atom. The lowest BCUT2D eigenvalue weighted by Gasteiger charge is -2.44. The number of phenols is 1. The summed E-state index contributed by atoms with van der Waals surface area (Å²) in [7, 11) is 2.79. The number of allylic oxidation sites excluding steroid dienone is 2. The Morgan fingerprint density at radius 1 is 0.714 bits per heavy atom. The van der Waals surface area contributed by atoms with Crippen molar-refractivity contribution in [3.8, 4) is 17.2 Å². The number of hydrogen-bond acceptors (Lipinski definition) is 9. The van der Waals surface area contributed by atoms with E-state index in [1.54, 1.807) is 6.08 Å². The van der Waals surface area contributed by atoms with Crippen molar-refractivity contribution in [1.82, 2.24) is 0 Å². The number of imide groups is 2. The summed E-state index contributed by atoms with van der Waals surface area (Å²) in [5, 5.41) is 30.6. The lowest BCUT2D eigenvalue weighted by Crippen LogP contribution is -2.43. The Kier molecular flexibility index (Phi) is 7.49. The number of ether oxygens (including phenoxy) is 2. The fourth-order valence-electron chi connectivity index (χ4n) is 8.16. The fraction of sp³-hybridized carbons (Fsp3) is 0.278. The molecular formula is C36H30N2O11. The number of phenolic OH excluding ortho intramolecular Hbond substituents is 1. The van der Waals surface area contributed by atoms with Crippen molar-refractivity contribution in [2.75, 3.05) is 24.0 Å². The summed E-state index contributed by atoms with van der Waals surface area (Å²) >= 11 is 0. The third-order valence-corrected chi connectivity index (χ3v) is 10.2. The van der Waals surface area contributed by atoms with Gasteiger partial charge in [-0.15, -0.1) is 0 Å². The Bertz CT molecular complexity index is 2020. The quantitative estimate of drug-likeness (QED) is 0.245. The van der Waals surface area contributed by atoms with E-state index in [2.05, 4.69) is 0 Å². The number of amides is 4. The normalized spacial score (nSPS) is 25.8. The number of carbonyl (C=O) groups is 6. The van der Waals surface area contributed by atoms with Crippen LogP contribution in [0.5, 0.6) is 17.2 Å². The van der Waals surface area contributed by atoms with Crippen molar-refractivity contribution in [3.63, 3.8) is 0 Å². The Balaban J connectivity index is 1.37. The molecule has 13 heteroatoms. The summed E-state index contributed by atoms with van der Waals surface area (Å²) in [5.41, 5.74) is 0.753. The van der Waals surface area contributed by atoms with Gasteiger partial charge in [0.2, 0.25) is 23.6 Å². The highest BCUT2D eigenvalue weighted by molar-refractivity contribution is 6.24. The Morgan fingerprint density at radius 3 is 1.84 bits per heavy atom. The van der Waals surface area contributed by atoms with E-state index in [0.717, 1.165) is 9.80 Å². The third-order valence-electron chi connectivity index (χ3n) is 10.2. The molecule has 2 heterocycles. The van der Waals surface area contributed by atoms with Crippen LogP contribution in [0.1, 0.15) is 45.0 Å². The molecule has 0 radical (unpaired) electrons. The zero-order valence-corrected chi connectivity index (χ0v) is 26.2. The standard InChI is InChI=1S/C36H30N2O11/c1-48-20-13-25(39)30(26(14-20)49-2)28-21-9-10-22-27(33(42)37(31(22)40)18-7-3-5-16(11-18)35(44)45)23(21)15-24-29(28)34(43)38(32(24)41)19-8-4-6-17(12-19)36(46)47/h3-9,11-14,22-24,27-29,39H,10,15H2,1-2H3,(H,44,45)(H,46,47)/t22-,23+,24+,27-,28-,29+/m0/s1. The number of aromatic carboxylic acids is 2. The lowest BCUT2D eigenvalue weighted by atomic mass is 9.57. The highest BCUT2D eigenvalue weighted by atomic mass is 16.5. The molecule has 1 saturated carbocycles. The molecule has 6 atom stereocenters. The molecule has 0 unspecified atom stereocenters. The number of nitrogens with zero attached hydrogens (tertiary/aromatic N) is 2. The molecule has 3 aromatic carbocycles. The molecule has 250 valence electrons. The first-order valence-electron chi connectivity index (χ1n) is 15.5. The van der Waals surface area contributed by atoms with Gasteiger partial charge in [-0.1, -0.05) is 23.8 Å². The maximum absolute atomic E-state index is 14.4. The highest BCUT2D eigenvalue weighted by Gasteiger charge is 2.63. The van der Waals surface area contributed by atoms with Crippen LogP contribution in [0.15, 0.2) is 72.3 Å². The summed E-state index contributed by atoms with van der Waals surface area (Å²) in [6.07, 6.45) is 1.94. The van der Waals surface area contributed by atoms with E-state index < -0.39 is 71.1 Å². The summed E-state index contributed by atoms with van der Waals surface area (Å²) < 4.78 is 11.0. The van der Waals surface area contributed by atoms with Crippen molar-refractivity contribution in [1.29, 1.82) is 0 Å². The number of rotatable bonds is 7. The second-order valence-electron chi connectivity index (χ2n) is 12.5. The lowest BCUT2D eigenvalue weighted by molar-refractivity contribution is -0.126. The first-order valence-corrected chi connectivity index (χ1v) is 15.5. The molecule has 3 fully saturated rings. The van der Waals surface area contributed by atoms with E-state index in [1.165, 1.54) is 74.9 Å². The SMILES string of the molecule is COc1cc(O)c([C@H]2C3=CC[C@@H]4C(=O)N(c5cccc(C(=O)O)c5)C(=O)[C@@H]4[C@@H]3C[C@H]3C(=O)N(c4cccc(C(=O)O)c4)C(=O)[C@@H]23)c(OC)c1. The zero-order chi connectivity index (χ0) is 34.9. The van der Waals surface area contributed by atoms with Crippen LogP contribution in [-0.4, -0.2) is 65.1 Å². The van der Waals surface area contributed by atoms with Gasteiger partial charge in [0.05, 0.1) is 60.4 Å². The number of hydrogen-bond donors (Lipinski definition) is 3. The molecule has 13 nitrogen and oxygen atoms in total. The van der Waals surface area contributed by atoms with Crippen molar-refractivity contribution < 1.29 is 53.6 Å². The number of aromatic hydroxyl groups is 1. The van der Waals surface area contributed by atoms with Gasteiger partial charge < -0.3 is 24.8 Å². The number of carbonyl (C=O) groups excluding carboxylic acids is 4. The van der Waals surface area contributed by atoms with Crippen molar-refractivity contribution in [2.45, 2.75) is 18.8 Å². The summed E-state index contributed by atoms with van der Waals surface area (Å²) in [6.45, 7) is 0. The van der Waals surface area contributed by atoms with Crippen LogP contribution in [0, 0.1) is 29.6 Å². The molecule has 7 rings (SSSR count). The maximum atomic E-state index is 14.4. The number of anilines is 2. The van der Waals surface area contributed by atoms with Crippen LogP contribution in [0.25, 0.3) is 0 Å². The van der Waals surface area contributed by atoms with E-state index in [0.29, 0.717) is 5.57 Å². The van der Waals surface area contributed by atoms with E-state index in [4.69, 9.17) is 9.47 Å². The van der Waals surface area contributed by atoms with E-state index in [-0.39, 0.29) is 58.2 Å². The largest absolute Gasteiger partial charge is 0.507 e. The van der Waals surface area contributed by atoms with Gasteiger partial charge in [0.25, 0.3) is 0 Å². The minimum absolute atomic E-state index is 0.0229. The number of benzene rings is 3. The molecule has 0 aromatic heterocycles. The van der Waals surface area contributed by atoms with Gasteiger partial charge >= 0.3 is 11.9 Å². The highest BCUT2D eigenvalue weighted by Crippen LogP contribution is 2.60. The number of carboxylic acids is 2.